The number of carbonyl (C=O) groups is 1. The summed E-state index contributed by atoms with van der Waals surface area (Å²) in [6.45, 7) is 0. The van der Waals surface area contributed by atoms with Crippen LogP contribution in [-0.4, -0.2) is 20.9 Å². The molecule has 0 radical (unpaired) electrons. The summed E-state index contributed by atoms with van der Waals surface area (Å²) in [5, 5.41) is 14.8. The van der Waals surface area contributed by atoms with E-state index in [0.717, 1.165) is 0 Å². The number of pyridine rings is 1. The van der Waals surface area contributed by atoms with Crippen LogP contribution in [0, 0.1) is 11.3 Å². The number of hydrogen-bond acceptors (Lipinski definition) is 6. The topological polar surface area (TPSA) is 104 Å². The number of aromatic nitrogens is 3. The Bertz CT molecular complexity index is 981. The number of nitrogens with one attached hydrogen (secondary N) is 2. The van der Waals surface area contributed by atoms with E-state index < -0.39 is 5.91 Å². The van der Waals surface area contributed by atoms with Crippen LogP contribution in [0.2, 0.25) is 10.0 Å². The highest BCUT2D eigenvalue weighted by Crippen LogP contribution is 2.27. The van der Waals surface area contributed by atoms with Crippen LogP contribution < -0.4 is 10.6 Å². The summed E-state index contributed by atoms with van der Waals surface area (Å²) in [4.78, 5) is 24.5. The van der Waals surface area contributed by atoms with Crippen molar-refractivity contribution in [2.45, 2.75) is 0 Å². The van der Waals surface area contributed by atoms with E-state index in [1.807, 2.05) is 6.07 Å². The molecule has 2 heterocycles. The number of carbonyl (C=O) groups excluding carboxylic acids is 1. The fourth-order valence-corrected chi connectivity index (χ4v) is 2.78. The van der Waals surface area contributed by atoms with Gasteiger partial charge >= 0.3 is 0 Å². The summed E-state index contributed by atoms with van der Waals surface area (Å²) in [6.07, 6.45) is 4.53. The van der Waals surface area contributed by atoms with Gasteiger partial charge in [0.15, 0.2) is 0 Å². The van der Waals surface area contributed by atoms with Gasteiger partial charge in [0, 0.05) is 24.1 Å². The Morgan fingerprint density at radius 3 is 2.46 bits per heavy atom. The highest BCUT2D eigenvalue weighted by Gasteiger charge is 2.16. The normalized spacial score (nSPS) is 10.0. The van der Waals surface area contributed by atoms with Gasteiger partial charge in [-0.05, 0) is 24.3 Å². The van der Waals surface area contributed by atoms with Gasteiger partial charge in [0.1, 0.15) is 18.0 Å². The molecule has 1 aromatic carbocycles. The van der Waals surface area contributed by atoms with Gasteiger partial charge in [-0.2, -0.15) is 5.26 Å². The minimum Gasteiger partial charge on any atom is -0.325 e. The van der Waals surface area contributed by atoms with Crippen LogP contribution >= 0.6 is 23.2 Å². The van der Waals surface area contributed by atoms with Gasteiger partial charge in [0.25, 0.3) is 5.91 Å². The van der Waals surface area contributed by atoms with Gasteiger partial charge in [-0.1, -0.05) is 23.2 Å². The van der Waals surface area contributed by atoms with Crippen LogP contribution in [0.3, 0.4) is 0 Å². The van der Waals surface area contributed by atoms with E-state index in [1.54, 1.807) is 24.4 Å². The van der Waals surface area contributed by atoms with Crippen molar-refractivity contribution in [2.75, 3.05) is 10.6 Å². The molecule has 0 fully saturated rings. The fourth-order valence-electron chi connectivity index (χ4n) is 2.12. The standard InChI is InChI=1S/C17H10Cl2N6O/c18-12-5-10(8-20)6-13(19)16(12)17(26)24-11-1-4-22-15(7-11)25-14-2-3-21-9-23-14/h1-7,9H,(H2,21,22,23,24,25,26). The number of nitrogens with zero attached hydrogens (tertiary/aromatic N) is 4. The summed E-state index contributed by atoms with van der Waals surface area (Å²) in [6, 6.07) is 9.63. The van der Waals surface area contributed by atoms with Crippen molar-refractivity contribution in [1.29, 1.82) is 5.26 Å². The van der Waals surface area contributed by atoms with Crippen LogP contribution in [-0.2, 0) is 0 Å². The number of rotatable bonds is 4. The molecule has 128 valence electrons. The average molecular weight is 385 g/mol. The third-order valence-corrected chi connectivity index (χ3v) is 3.85. The minimum atomic E-state index is -0.497. The van der Waals surface area contributed by atoms with Crippen molar-refractivity contribution < 1.29 is 4.79 Å². The molecule has 0 atom stereocenters. The molecule has 3 rings (SSSR count). The second-order valence-electron chi connectivity index (χ2n) is 5.03. The molecular formula is C17H10Cl2N6O. The fraction of sp³-hybridized carbons (Fsp3) is 0. The zero-order chi connectivity index (χ0) is 18.5. The summed E-state index contributed by atoms with van der Waals surface area (Å²) >= 11 is 12.2. The Balaban J connectivity index is 1.80. The number of halogens is 2. The largest absolute Gasteiger partial charge is 0.325 e. The third kappa shape index (κ3) is 4.06. The molecule has 0 saturated carbocycles. The lowest BCUT2D eigenvalue weighted by molar-refractivity contribution is 0.102. The van der Waals surface area contributed by atoms with Gasteiger partial charge in [0.05, 0.1) is 27.2 Å². The van der Waals surface area contributed by atoms with E-state index >= 15 is 0 Å². The number of nitriles is 1. The molecule has 2 N–H and O–H groups in total. The molecule has 0 aliphatic rings. The molecule has 0 spiro atoms. The Morgan fingerprint density at radius 2 is 1.81 bits per heavy atom. The molecule has 0 bridgehead atoms. The molecular weight excluding hydrogens is 375 g/mol. The Hall–Kier alpha value is -3.21. The Kier molecular flexibility index (Phi) is 5.27. The number of anilines is 3. The third-order valence-electron chi connectivity index (χ3n) is 3.25. The maximum atomic E-state index is 12.5. The van der Waals surface area contributed by atoms with Gasteiger partial charge in [-0.3, -0.25) is 4.79 Å². The van der Waals surface area contributed by atoms with Crippen molar-refractivity contribution in [3.8, 4) is 6.07 Å². The second-order valence-corrected chi connectivity index (χ2v) is 5.84. The highest BCUT2D eigenvalue weighted by molar-refractivity contribution is 6.40. The first-order chi connectivity index (χ1) is 12.6. The van der Waals surface area contributed by atoms with Crippen molar-refractivity contribution in [1.82, 2.24) is 15.0 Å². The molecule has 26 heavy (non-hydrogen) atoms. The van der Waals surface area contributed by atoms with Crippen LogP contribution in [0.5, 0.6) is 0 Å². The van der Waals surface area contributed by atoms with Crippen molar-refractivity contribution >= 4 is 46.4 Å². The predicted molar refractivity (Wildman–Crippen MR) is 98.7 cm³/mol. The van der Waals surface area contributed by atoms with Gasteiger partial charge < -0.3 is 10.6 Å². The summed E-state index contributed by atoms with van der Waals surface area (Å²) < 4.78 is 0. The van der Waals surface area contributed by atoms with Crippen LogP contribution in [0.4, 0.5) is 17.3 Å². The van der Waals surface area contributed by atoms with Crippen molar-refractivity contribution in [3.05, 3.63) is 70.2 Å². The maximum absolute atomic E-state index is 12.5. The first-order valence-corrected chi connectivity index (χ1v) is 8.02. The maximum Gasteiger partial charge on any atom is 0.258 e. The first kappa shape index (κ1) is 17.6. The number of benzene rings is 1. The van der Waals surface area contributed by atoms with Gasteiger partial charge in [-0.25, -0.2) is 15.0 Å². The van der Waals surface area contributed by atoms with Gasteiger partial charge in [0.2, 0.25) is 0 Å². The molecule has 3 aromatic rings. The minimum absolute atomic E-state index is 0.0921. The Labute approximate surface area is 158 Å². The van der Waals surface area contributed by atoms with E-state index in [9.17, 15) is 4.79 Å². The number of hydrogen-bond donors (Lipinski definition) is 2. The Morgan fingerprint density at radius 1 is 1.04 bits per heavy atom. The second kappa shape index (κ2) is 7.78. The van der Waals surface area contributed by atoms with E-state index in [2.05, 4.69) is 25.6 Å². The van der Waals surface area contributed by atoms with Crippen LogP contribution in [0.15, 0.2) is 49.1 Å². The SMILES string of the molecule is N#Cc1cc(Cl)c(C(=O)Nc2ccnc(Nc3ccncn3)c2)c(Cl)c1. The lowest BCUT2D eigenvalue weighted by atomic mass is 10.1. The average Bonchev–Trinajstić information content (AvgIpc) is 2.62. The number of amides is 1. The highest BCUT2D eigenvalue weighted by atomic mass is 35.5. The molecule has 9 heteroatoms. The van der Waals surface area contributed by atoms with Crippen molar-refractivity contribution in [2.24, 2.45) is 0 Å². The molecule has 2 aromatic heterocycles. The lowest BCUT2D eigenvalue weighted by Gasteiger charge is -2.10. The van der Waals surface area contributed by atoms with E-state index in [4.69, 9.17) is 28.5 Å². The van der Waals surface area contributed by atoms with Crippen LogP contribution in [0.25, 0.3) is 0 Å². The van der Waals surface area contributed by atoms with Crippen molar-refractivity contribution in [3.63, 3.8) is 0 Å². The first-order valence-electron chi connectivity index (χ1n) is 7.26. The quantitative estimate of drug-likeness (QED) is 0.702. The molecule has 0 aliphatic carbocycles. The summed E-state index contributed by atoms with van der Waals surface area (Å²) in [5.74, 6) is 0.552. The predicted octanol–water partition coefficient (Wildman–Crippen LogP) is 4.05. The molecule has 0 aliphatic heterocycles. The van der Waals surface area contributed by atoms with E-state index in [0.29, 0.717) is 17.3 Å². The molecule has 1 amide bonds. The van der Waals surface area contributed by atoms with E-state index in [-0.39, 0.29) is 21.2 Å². The molecule has 0 saturated heterocycles. The zero-order valence-electron chi connectivity index (χ0n) is 13.1. The lowest BCUT2D eigenvalue weighted by Crippen LogP contribution is -2.13. The van der Waals surface area contributed by atoms with Gasteiger partial charge in [-0.15, -0.1) is 0 Å². The zero-order valence-corrected chi connectivity index (χ0v) is 14.6. The summed E-state index contributed by atoms with van der Waals surface area (Å²) in [5.41, 5.74) is 0.851. The molecule has 7 nitrogen and oxygen atoms in total. The smallest absolute Gasteiger partial charge is 0.258 e. The monoisotopic (exact) mass is 384 g/mol. The molecule has 0 unspecified atom stereocenters. The van der Waals surface area contributed by atoms with E-state index in [1.165, 1.54) is 24.7 Å². The summed E-state index contributed by atoms with van der Waals surface area (Å²) in [7, 11) is 0. The van der Waals surface area contributed by atoms with Crippen LogP contribution in [0.1, 0.15) is 15.9 Å².